The Morgan fingerprint density at radius 1 is 1.35 bits per heavy atom. The van der Waals surface area contributed by atoms with Gasteiger partial charge in [-0.25, -0.2) is 0 Å². The summed E-state index contributed by atoms with van der Waals surface area (Å²) in [7, 11) is 1.65. The Hall–Kier alpha value is -2.67. The number of benzene rings is 1. The second-order valence-corrected chi connectivity index (χ2v) is 6.70. The number of ether oxygens (including phenoxy) is 1. The highest BCUT2D eigenvalue weighted by Crippen LogP contribution is 2.26. The molecule has 0 aliphatic carbocycles. The van der Waals surface area contributed by atoms with Gasteiger partial charge in [-0.2, -0.15) is 0 Å². The topological polar surface area (TPSA) is 84.8 Å². The van der Waals surface area contributed by atoms with E-state index in [1.54, 1.807) is 13.4 Å². The minimum atomic E-state index is -0.268. The van der Waals surface area contributed by atoms with Crippen LogP contribution in [0.1, 0.15) is 46.0 Å². The summed E-state index contributed by atoms with van der Waals surface area (Å²) in [6.07, 6.45) is 1.65. The Balaban J connectivity index is 1.84. The lowest BCUT2D eigenvalue weighted by atomic mass is 10.1. The van der Waals surface area contributed by atoms with E-state index in [4.69, 9.17) is 4.74 Å². The zero-order chi connectivity index (χ0) is 18.8. The molecule has 7 nitrogen and oxygen atoms in total. The molecule has 2 heterocycles. The summed E-state index contributed by atoms with van der Waals surface area (Å²) in [4.78, 5) is 16.1. The molecule has 138 valence electrons. The number of nitrogens with one attached hydrogen (secondary N) is 2. The van der Waals surface area contributed by atoms with Crippen LogP contribution in [0.2, 0.25) is 0 Å². The van der Waals surface area contributed by atoms with Gasteiger partial charge in [-0.15, -0.1) is 10.2 Å². The van der Waals surface area contributed by atoms with E-state index < -0.39 is 0 Å². The number of H-pyrrole nitrogens is 1. The van der Waals surface area contributed by atoms with Crippen molar-refractivity contribution in [2.24, 2.45) is 0 Å². The zero-order valence-corrected chi connectivity index (χ0v) is 15.9. The van der Waals surface area contributed by atoms with Crippen LogP contribution in [-0.4, -0.2) is 39.4 Å². The summed E-state index contributed by atoms with van der Waals surface area (Å²) in [5, 5.41) is 12.2. The standard InChI is InChI=1S/C19H25N5O2/c1-11-8-12(2)16-15(9-11)13(3)17(22-16)19(25)21-14(4)18-23-20-10-24(18)6-7-26-5/h8-10,14,22H,6-7H2,1-5H3,(H,21,25)/t14-/m0/s1. The van der Waals surface area contributed by atoms with E-state index in [2.05, 4.69) is 39.6 Å². The number of nitrogens with zero attached hydrogens (tertiary/aromatic N) is 3. The molecule has 1 amide bonds. The molecule has 0 bridgehead atoms. The maximum Gasteiger partial charge on any atom is 0.268 e. The SMILES string of the molecule is COCCn1cnnc1[C@H](C)NC(=O)c1[nH]c2c(C)cc(C)cc2c1C. The summed E-state index contributed by atoms with van der Waals surface area (Å²) in [6.45, 7) is 9.19. The molecule has 0 fully saturated rings. The third-order valence-corrected chi connectivity index (χ3v) is 4.65. The van der Waals surface area contributed by atoms with E-state index in [0.29, 0.717) is 24.7 Å². The summed E-state index contributed by atoms with van der Waals surface area (Å²) in [5.41, 5.74) is 4.87. The number of fused-ring (bicyclic) bond motifs is 1. The van der Waals surface area contributed by atoms with Crippen LogP contribution in [-0.2, 0) is 11.3 Å². The minimum Gasteiger partial charge on any atom is -0.383 e. The van der Waals surface area contributed by atoms with Crippen molar-refractivity contribution in [2.45, 2.75) is 40.3 Å². The van der Waals surface area contributed by atoms with E-state index in [9.17, 15) is 4.79 Å². The molecule has 2 aromatic heterocycles. The number of methoxy groups -OCH3 is 1. The molecule has 0 radical (unpaired) electrons. The molecular formula is C19H25N5O2. The van der Waals surface area contributed by atoms with Crippen molar-refractivity contribution >= 4 is 16.8 Å². The van der Waals surface area contributed by atoms with Gasteiger partial charge in [-0.1, -0.05) is 11.6 Å². The fourth-order valence-corrected chi connectivity index (χ4v) is 3.30. The molecule has 26 heavy (non-hydrogen) atoms. The van der Waals surface area contributed by atoms with Crippen LogP contribution >= 0.6 is 0 Å². The number of carbonyl (C=O) groups excluding carboxylic acids is 1. The molecule has 2 N–H and O–H groups in total. The van der Waals surface area contributed by atoms with Crippen LogP contribution in [0.3, 0.4) is 0 Å². The van der Waals surface area contributed by atoms with Gasteiger partial charge in [0.1, 0.15) is 12.0 Å². The lowest BCUT2D eigenvalue weighted by Crippen LogP contribution is -2.29. The van der Waals surface area contributed by atoms with Crippen molar-refractivity contribution in [3.63, 3.8) is 0 Å². The summed E-state index contributed by atoms with van der Waals surface area (Å²) < 4.78 is 6.99. The van der Waals surface area contributed by atoms with Crippen LogP contribution in [0.15, 0.2) is 18.5 Å². The molecule has 0 aliphatic heterocycles. The molecule has 0 spiro atoms. The van der Waals surface area contributed by atoms with E-state index in [1.807, 2.05) is 25.3 Å². The number of aromatic amines is 1. The van der Waals surface area contributed by atoms with E-state index in [1.165, 1.54) is 5.56 Å². The highest BCUT2D eigenvalue weighted by molar-refractivity contribution is 6.01. The van der Waals surface area contributed by atoms with Crippen LogP contribution in [0.25, 0.3) is 10.9 Å². The summed E-state index contributed by atoms with van der Waals surface area (Å²) in [5.74, 6) is 0.556. The fraction of sp³-hybridized carbons (Fsp3) is 0.421. The largest absolute Gasteiger partial charge is 0.383 e. The first-order valence-corrected chi connectivity index (χ1v) is 8.69. The first-order chi connectivity index (χ1) is 12.4. The number of aryl methyl sites for hydroxylation is 3. The average Bonchev–Trinajstić information content (AvgIpc) is 3.18. The van der Waals surface area contributed by atoms with E-state index >= 15 is 0 Å². The average molecular weight is 355 g/mol. The molecular weight excluding hydrogens is 330 g/mol. The third kappa shape index (κ3) is 3.35. The van der Waals surface area contributed by atoms with Gasteiger partial charge < -0.3 is 19.6 Å². The maximum atomic E-state index is 12.8. The smallest absolute Gasteiger partial charge is 0.268 e. The van der Waals surface area contributed by atoms with Crippen molar-refractivity contribution in [3.8, 4) is 0 Å². The Morgan fingerprint density at radius 2 is 2.12 bits per heavy atom. The predicted molar refractivity (Wildman–Crippen MR) is 100 cm³/mol. The number of aromatic nitrogens is 4. The van der Waals surface area contributed by atoms with Gasteiger partial charge in [0.2, 0.25) is 0 Å². The van der Waals surface area contributed by atoms with Crippen LogP contribution < -0.4 is 5.32 Å². The molecule has 3 aromatic rings. The fourth-order valence-electron chi connectivity index (χ4n) is 3.30. The first-order valence-electron chi connectivity index (χ1n) is 8.69. The molecule has 0 saturated carbocycles. The Labute approximate surface area is 152 Å². The highest BCUT2D eigenvalue weighted by Gasteiger charge is 2.20. The first kappa shape index (κ1) is 18.1. The number of amides is 1. The quantitative estimate of drug-likeness (QED) is 0.712. The zero-order valence-electron chi connectivity index (χ0n) is 15.9. The molecule has 3 rings (SSSR count). The van der Waals surface area contributed by atoms with Crippen molar-refractivity contribution in [3.05, 3.63) is 46.7 Å². The molecule has 1 aromatic carbocycles. The van der Waals surface area contributed by atoms with Crippen LogP contribution in [0.5, 0.6) is 0 Å². The molecule has 0 unspecified atom stereocenters. The Morgan fingerprint density at radius 3 is 2.85 bits per heavy atom. The van der Waals surface area contributed by atoms with E-state index in [0.717, 1.165) is 22.0 Å². The van der Waals surface area contributed by atoms with Gasteiger partial charge in [0.15, 0.2) is 5.82 Å². The maximum absolute atomic E-state index is 12.8. The van der Waals surface area contributed by atoms with Crippen molar-refractivity contribution in [1.29, 1.82) is 0 Å². The second-order valence-electron chi connectivity index (χ2n) is 6.70. The lowest BCUT2D eigenvalue weighted by Gasteiger charge is -2.14. The van der Waals surface area contributed by atoms with Crippen molar-refractivity contribution < 1.29 is 9.53 Å². The van der Waals surface area contributed by atoms with Gasteiger partial charge >= 0.3 is 0 Å². The van der Waals surface area contributed by atoms with Crippen molar-refractivity contribution in [1.82, 2.24) is 25.1 Å². The second kappa shape index (κ2) is 7.29. The molecule has 1 atom stereocenters. The molecule has 0 saturated heterocycles. The molecule has 0 aliphatic rings. The summed E-state index contributed by atoms with van der Waals surface area (Å²) in [6, 6.07) is 3.95. The van der Waals surface area contributed by atoms with Crippen LogP contribution in [0, 0.1) is 20.8 Å². The normalized spacial score (nSPS) is 12.5. The van der Waals surface area contributed by atoms with Gasteiger partial charge in [-0.3, -0.25) is 4.79 Å². The monoisotopic (exact) mass is 355 g/mol. The molecule has 7 heteroatoms. The number of hydrogen-bond acceptors (Lipinski definition) is 4. The minimum absolute atomic E-state index is 0.149. The Kier molecular flexibility index (Phi) is 5.08. The van der Waals surface area contributed by atoms with Gasteiger partial charge in [-0.05, 0) is 44.9 Å². The number of hydrogen-bond donors (Lipinski definition) is 2. The lowest BCUT2D eigenvalue weighted by molar-refractivity contribution is 0.0932. The van der Waals surface area contributed by atoms with Crippen LogP contribution in [0.4, 0.5) is 0 Å². The van der Waals surface area contributed by atoms with Crippen molar-refractivity contribution in [2.75, 3.05) is 13.7 Å². The third-order valence-electron chi connectivity index (χ3n) is 4.65. The number of carbonyl (C=O) groups is 1. The predicted octanol–water partition coefficient (Wildman–Crippen LogP) is 2.82. The Bertz CT molecular complexity index is 941. The van der Waals surface area contributed by atoms with E-state index in [-0.39, 0.29) is 11.9 Å². The van der Waals surface area contributed by atoms with Gasteiger partial charge in [0.25, 0.3) is 5.91 Å². The number of rotatable bonds is 6. The highest BCUT2D eigenvalue weighted by atomic mass is 16.5. The summed E-state index contributed by atoms with van der Waals surface area (Å²) >= 11 is 0. The van der Waals surface area contributed by atoms with Gasteiger partial charge in [0.05, 0.1) is 12.6 Å². The van der Waals surface area contributed by atoms with Gasteiger partial charge in [0, 0.05) is 24.6 Å².